The van der Waals surface area contributed by atoms with Gasteiger partial charge in [0.2, 0.25) is 5.91 Å². The molecule has 1 heterocycles. The van der Waals surface area contributed by atoms with Crippen LogP contribution in [0.15, 0.2) is 30.5 Å². The molecule has 30 heavy (non-hydrogen) atoms. The zero-order chi connectivity index (χ0) is 22.3. The summed E-state index contributed by atoms with van der Waals surface area (Å²) >= 11 is 6.16. The highest BCUT2D eigenvalue weighted by Gasteiger charge is 2.25. The molecule has 0 saturated carbocycles. The van der Waals surface area contributed by atoms with Crippen LogP contribution < -0.4 is 22.1 Å². The molecule has 0 aliphatic rings. The van der Waals surface area contributed by atoms with Gasteiger partial charge in [-0.15, -0.1) is 0 Å². The maximum absolute atomic E-state index is 15.4. The van der Waals surface area contributed by atoms with E-state index in [-0.39, 0.29) is 40.3 Å². The van der Waals surface area contributed by atoms with Gasteiger partial charge in [-0.05, 0) is 31.5 Å². The summed E-state index contributed by atoms with van der Waals surface area (Å²) in [6.07, 6.45) is 2.05. The van der Waals surface area contributed by atoms with Crippen molar-refractivity contribution in [1.29, 1.82) is 0 Å². The van der Waals surface area contributed by atoms with Crippen LogP contribution in [-0.2, 0) is 4.79 Å². The topological polar surface area (TPSA) is 123 Å². The van der Waals surface area contributed by atoms with Crippen LogP contribution in [0.5, 0.6) is 0 Å². The van der Waals surface area contributed by atoms with Gasteiger partial charge in [0.05, 0.1) is 10.6 Å². The Hall–Kier alpha value is -2.55. The van der Waals surface area contributed by atoms with E-state index in [2.05, 4.69) is 15.6 Å². The Morgan fingerprint density at radius 1 is 1.27 bits per heavy atom. The van der Waals surface area contributed by atoms with E-state index in [4.69, 9.17) is 23.1 Å². The van der Waals surface area contributed by atoms with Crippen molar-refractivity contribution in [2.75, 3.05) is 18.8 Å². The fourth-order valence-electron chi connectivity index (χ4n) is 3.12. The summed E-state index contributed by atoms with van der Waals surface area (Å²) in [7, 11) is 0. The molecule has 9 heteroatoms. The highest BCUT2D eigenvalue weighted by atomic mass is 35.5. The molecular formula is C21H27ClFN5O2. The molecule has 1 aromatic carbocycles. The standard InChI is InChI=1S/C21H27ClFN5O2/c1-3-16(28-12(2)10-18(29)26-9-8-24)14-5-6-15(22)19(20(14)23)21(30)13-4-7-17(25)27-11-13/h4-7,11-12,16,28H,3,8-10,24H2,1-2H3,(H2,25,27)(H,26,29)/t12-,16-/m1/s1. The highest BCUT2D eigenvalue weighted by Crippen LogP contribution is 2.30. The fourth-order valence-corrected chi connectivity index (χ4v) is 3.35. The van der Waals surface area contributed by atoms with Gasteiger partial charge >= 0.3 is 0 Å². The molecule has 0 radical (unpaired) electrons. The number of halogens is 2. The summed E-state index contributed by atoms with van der Waals surface area (Å²) in [5.74, 6) is -1.15. The Balaban J connectivity index is 2.25. The van der Waals surface area contributed by atoms with Crippen LogP contribution >= 0.6 is 11.6 Å². The number of ketones is 1. The number of nitrogen functional groups attached to an aromatic ring is 1. The van der Waals surface area contributed by atoms with E-state index in [9.17, 15) is 9.59 Å². The smallest absolute Gasteiger partial charge is 0.221 e. The number of carbonyl (C=O) groups excluding carboxylic acids is 2. The molecule has 0 unspecified atom stereocenters. The highest BCUT2D eigenvalue weighted by molar-refractivity contribution is 6.35. The van der Waals surface area contributed by atoms with Gasteiger partial charge < -0.3 is 22.1 Å². The van der Waals surface area contributed by atoms with Crippen LogP contribution in [-0.4, -0.2) is 35.8 Å². The summed E-state index contributed by atoms with van der Waals surface area (Å²) in [5.41, 5.74) is 11.2. The van der Waals surface area contributed by atoms with Crippen molar-refractivity contribution in [3.05, 3.63) is 58.0 Å². The Kier molecular flexibility index (Phi) is 8.71. The normalized spacial score (nSPS) is 13.0. The van der Waals surface area contributed by atoms with Crippen molar-refractivity contribution in [2.24, 2.45) is 5.73 Å². The van der Waals surface area contributed by atoms with Crippen molar-refractivity contribution in [3.63, 3.8) is 0 Å². The van der Waals surface area contributed by atoms with E-state index in [1.807, 2.05) is 13.8 Å². The first kappa shape index (κ1) is 23.7. The molecule has 6 N–H and O–H groups in total. The molecule has 162 valence electrons. The Morgan fingerprint density at radius 3 is 2.60 bits per heavy atom. The monoisotopic (exact) mass is 435 g/mol. The molecule has 7 nitrogen and oxygen atoms in total. The van der Waals surface area contributed by atoms with E-state index in [1.165, 1.54) is 24.4 Å². The third-order valence-corrected chi connectivity index (χ3v) is 4.94. The lowest BCUT2D eigenvalue weighted by molar-refractivity contribution is -0.121. The minimum Gasteiger partial charge on any atom is -0.384 e. The van der Waals surface area contributed by atoms with Gasteiger partial charge in [0.15, 0.2) is 5.78 Å². The number of anilines is 1. The predicted octanol–water partition coefficient (Wildman–Crippen LogP) is 2.58. The number of aromatic nitrogens is 1. The zero-order valence-corrected chi connectivity index (χ0v) is 17.8. The summed E-state index contributed by atoms with van der Waals surface area (Å²) in [4.78, 5) is 28.6. The number of carbonyl (C=O) groups is 2. The lowest BCUT2D eigenvalue weighted by Gasteiger charge is -2.24. The molecule has 1 amide bonds. The SMILES string of the molecule is CC[C@@H](N[C@H](C)CC(=O)NCCN)c1ccc(Cl)c(C(=O)c2ccc(N)nc2)c1F. The van der Waals surface area contributed by atoms with Gasteiger partial charge in [-0.1, -0.05) is 24.6 Å². The molecule has 0 aliphatic carbocycles. The molecular weight excluding hydrogens is 409 g/mol. The lowest BCUT2D eigenvalue weighted by atomic mass is 9.96. The largest absolute Gasteiger partial charge is 0.384 e. The summed E-state index contributed by atoms with van der Waals surface area (Å²) in [6.45, 7) is 4.49. The molecule has 2 aromatic rings. The van der Waals surface area contributed by atoms with Crippen molar-refractivity contribution in [2.45, 2.75) is 38.8 Å². The summed E-state index contributed by atoms with van der Waals surface area (Å²) < 4.78 is 15.4. The van der Waals surface area contributed by atoms with Crippen LogP contribution in [0.2, 0.25) is 5.02 Å². The maximum Gasteiger partial charge on any atom is 0.221 e. The third kappa shape index (κ3) is 5.98. The maximum atomic E-state index is 15.4. The number of rotatable bonds is 10. The Labute approximate surface area is 180 Å². The lowest BCUT2D eigenvalue weighted by Crippen LogP contribution is -2.37. The average molecular weight is 436 g/mol. The molecule has 0 spiro atoms. The van der Waals surface area contributed by atoms with E-state index >= 15 is 4.39 Å². The second-order valence-corrected chi connectivity index (χ2v) is 7.40. The second-order valence-electron chi connectivity index (χ2n) is 7.00. The number of nitrogens with zero attached hydrogens (tertiary/aromatic N) is 1. The van der Waals surface area contributed by atoms with Gasteiger partial charge in [0.25, 0.3) is 0 Å². The third-order valence-electron chi connectivity index (χ3n) is 4.62. The van der Waals surface area contributed by atoms with Gasteiger partial charge in [-0.2, -0.15) is 0 Å². The van der Waals surface area contributed by atoms with Crippen molar-refractivity contribution in [1.82, 2.24) is 15.6 Å². The van der Waals surface area contributed by atoms with Crippen molar-refractivity contribution in [3.8, 4) is 0 Å². The molecule has 2 rings (SSSR count). The minimum atomic E-state index is -0.691. The summed E-state index contributed by atoms with van der Waals surface area (Å²) in [6, 6.07) is 5.37. The van der Waals surface area contributed by atoms with Crippen LogP contribution in [0.25, 0.3) is 0 Å². The zero-order valence-electron chi connectivity index (χ0n) is 17.0. The number of benzene rings is 1. The summed E-state index contributed by atoms with van der Waals surface area (Å²) in [5, 5.41) is 5.97. The Bertz CT molecular complexity index is 892. The number of nitrogens with two attached hydrogens (primary N) is 2. The van der Waals surface area contributed by atoms with E-state index < -0.39 is 17.6 Å². The fraction of sp³-hybridized carbons (Fsp3) is 0.381. The van der Waals surface area contributed by atoms with E-state index in [0.29, 0.717) is 25.1 Å². The number of amides is 1. The van der Waals surface area contributed by atoms with Crippen LogP contribution in [0.4, 0.5) is 10.2 Å². The number of hydrogen-bond acceptors (Lipinski definition) is 6. The first-order valence-corrected chi connectivity index (χ1v) is 10.1. The number of hydrogen-bond donors (Lipinski definition) is 4. The van der Waals surface area contributed by atoms with Crippen molar-refractivity contribution >= 4 is 29.1 Å². The first-order chi connectivity index (χ1) is 14.3. The van der Waals surface area contributed by atoms with Gasteiger partial charge in [-0.25, -0.2) is 9.37 Å². The molecule has 2 atom stereocenters. The second kappa shape index (κ2) is 11.0. The quantitative estimate of drug-likeness (QED) is 0.425. The molecule has 0 saturated heterocycles. The minimum absolute atomic E-state index is 0.0159. The van der Waals surface area contributed by atoms with Gasteiger partial charge in [0, 0.05) is 48.9 Å². The van der Waals surface area contributed by atoms with Crippen LogP contribution in [0, 0.1) is 5.82 Å². The first-order valence-electron chi connectivity index (χ1n) is 9.75. The van der Waals surface area contributed by atoms with Crippen molar-refractivity contribution < 1.29 is 14.0 Å². The average Bonchev–Trinajstić information content (AvgIpc) is 2.71. The van der Waals surface area contributed by atoms with E-state index in [1.54, 1.807) is 6.07 Å². The Morgan fingerprint density at radius 2 is 2.00 bits per heavy atom. The number of nitrogens with one attached hydrogen (secondary N) is 2. The molecule has 0 aliphatic heterocycles. The van der Waals surface area contributed by atoms with Gasteiger partial charge in [0.1, 0.15) is 11.6 Å². The number of pyridine rings is 1. The van der Waals surface area contributed by atoms with Gasteiger partial charge in [-0.3, -0.25) is 9.59 Å². The molecule has 0 bridgehead atoms. The van der Waals surface area contributed by atoms with Crippen LogP contribution in [0.3, 0.4) is 0 Å². The van der Waals surface area contributed by atoms with Crippen LogP contribution in [0.1, 0.15) is 54.2 Å². The molecule has 1 aromatic heterocycles. The predicted molar refractivity (Wildman–Crippen MR) is 116 cm³/mol. The van der Waals surface area contributed by atoms with E-state index in [0.717, 1.165) is 0 Å². The molecule has 0 fully saturated rings.